The topological polar surface area (TPSA) is 29.9 Å². The molecule has 0 radical (unpaired) electrons. The summed E-state index contributed by atoms with van der Waals surface area (Å²) in [6.07, 6.45) is 6.18. The van der Waals surface area contributed by atoms with E-state index in [0.717, 1.165) is 41.8 Å². The highest BCUT2D eigenvalue weighted by atomic mass is 35.5. The number of nitrogens with one attached hydrogen (secondary N) is 1. The van der Waals surface area contributed by atoms with Crippen LogP contribution in [0.2, 0.25) is 5.02 Å². The SMILES string of the molecule is CCc1nn(CC)c(CNC2CCC(C)CC2)c1Cl. The molecule has 19 heavy (non-hydrogen) atoms. The summed E-state index contributed by atoms with van der Waals surface area (Å²) >= 11 is 6.43. The van der Waals surface area contributed by atoms with Crippen molar-refractivity contribution in [2.24, 2.45) is 5.92 Å². The first-order chi connectivity index (χ1) is 9.15. The van der Waals surface area contributed by atoms with Gasteiger partial charge >= 0.3 is 0 Å². The van der Waals surface area contributed by atoms with Crippen molar-refractivity contribution in [2.75, 3.05) is 0 Å². The normalized spacial score (nSPS) is 23.8. The average Bonchev–Trinajstić information content (AvgIpc) is 2.74. The molecule has 1 fully saturated rings. The third-order valence-corrected chi connectivity index (χ3v) is 4.70. The van der Waals surface area contributed by atoms with Crippen molar-refractivity contribution in [3.8, 4) is 0 Å². The first-order valence-corrected chi connectivity index (χ1v) is 8.00. The third-order valence-electron chi connectivity index (χ3n) is 4.27. The molecule has 0 spiro atoms. The molecule has 1 heterocycles. The second-order valence-electron chi connectivity index (χ2n) is 5.71. The molecule has 0 bridgehead atoms. The van der Waals surface area contributed by atoms with Crippen LogP contribution in [0.25, 0.3) is 0 Å². The zero-order chi connectivity index (χ0) is 13.8. The van der Waals surface area contributed by atoms with Gasteiger partial charge in [-0.15, -0.1) is 0 Å². The molecular formula is C15H26ClN3. The van der Waals surface area contributed by atoms with Gasteiger partial charge in [-0.2, -0.15) is 5.10 Å². The molecule has 108 valence electrons. The Morgan fingerprint density at radius 2 is 1.95 bits per heavy atom. The Morgan fingerprint density at radius 3 is 2.53 bits per heavy atom. The molecule has 1 aromatic rings. The van der Waals surface area contributed by atoms with Gasteiger partial charge in [0.05, 0.1) is 16.4 Å². The van der Waals surface area contributed by atoms with Gasteiger partial charge in [0, 0.05) is 19.1 Å². The summed E-state index contributed by atoms with van der Waals surface area (Å²) in [6.45, 7) is 8.31. The zero-order valence-electron chi connectivity index (χ0n) is 12.4. The highest BCUT2D eigenvalue weighted by Crippen LogP contribution is 2.25. The van der Waals surface area contributed by atoms with E-state index in [1.165, 1.54) is 25.7 Å². The first-order valence-electron chi connectivity index (χ1n) is 7.63. The number of hydrogen-bond donors (Lipinski definition) is 1. The fraction of sp³-hybridized carbons (Fsp3) is 0.800. The van der Waals surface area contributed by atoms with E-state index in [0.29, 0.717) is 6.04 Å². The van der Waals surface area contributed by atoms with Gasteiger partial charge in [-0.3, -0.25) is 4.68 Å². The minimum absolute atomic E-state index is 0.651. The molecule has 0 saturated heterocycles. The molecule has 3 nitrogen and oxygen atoms in total. The minimum atomic E-state index is 0.651. The summed E-state index contributed by atoms with van der Waals surface area (Å²) in [6, 6.07) is 0.651. The van der Waals surface area contributed by atoms with Gasteiger partial charge in [0.2, 0.25) is 0 Å². The quantitative estimate of drug-likeness (QED) is 0.891. The van der Waals surface area contributed by atoms with E-state index in [4.69, 9.17) is 11.6 Å². The molecular weight excluding hydrogens is 258 g/mol. The van der Waals surface area contributed by atoms with Crippen LogP contribution in [-0.2, 0) is 19.5 Å². The van der Waals surface area contributed by atoms with Crippen molar-refractivity contribution in [3.05, 3.63) is 16.4 Å². The van der Waals surface area contributed by atoms with Crippen LogP contribution in [0.5, 0.6) is 0 Å². The second kappa shape index (κ2) is 6.76. The summed E-state index contributed by atoms with van der Waals surface area (Å²) in [4.78, 5) is 0. The lowest BCUT2D eigenvalue weighted by atomic mass is 9.87. The largest absolute Gasteiger partial charge is 0.308 e. The van der Waals surface area contributed by atoms with E-state index in [9.17, 15) is 0 Å². The van der Waals surface area contributed by atoms with Crippen molar-refractivity contribution < 1.29 is 0 Å². The molecule has 0 amide bonds. The van der Waals surface area contributed by atoms with E-state index in [2.05, 4.69) is 31.2 Å². The van der Waals surface area contributed by atoms with E-state index in [-0.39, 0.29) is 0 Å². The zero-order valence-corrected chi connectivity index (χ0v) is 13.1. The Morgan fingerprint density at radius 1 is 1.26 bits per heavy atom. The van der Waals surface area contributed by atoms with Crippen LogP contribution in [0.3, 0.4) is 0 Å². The monoisotopic (exact) mass is 283 g/mol. The van der Waals surface area contributed by atoms with Gasteiger partial charge in [-0.05, 0) is 44.9 Å². The summed E-state index contributed by atoms with van der Waals surface area (Å²) in [5.74, 6) is 0.898. The predicted octanol–water partition coefficient (Wildman–Crippen LogP) is 3.79. The van der Waals surface area contributed by atoms with Gasteiger partial charge in [0.1, 0.15) is 0 Å². The summed E-state index contributed by atoms with van der Waals surface area (Å²) in [5, 5.41) is 9.10. The fourth-order valence-electron chi connectivity index (χ4n) is 2.89. The van der Waals surface area contributed by atoms with E-state index in [1.54, 1.807) is 0 Å². The number of nitrogens with zero attached hydrogens (tertiary/aromatic N) is 2. The van der Waals surface area contributed by atoms with Crippen molar-refractivity contribution in [1.82, 2.24) is 15.1 Å². The molecule has 4 heteroatoms. The Balaban J connectivity index is 1.97. The van der Waals surface area contributed by atoms with Crippen molar-refractivity contribution >= 4 is 11.6 Å². The van der Waals surface area contributed by atoms with Crippen LogP contribution in [0, 0.1) is 5.92 Å². The Kier molecular flexibility index (Phi) is 5.28. The molecule has 1 aromatic heterocycles. The van der Waals surface area contributed by atoms with Crippen LogP contribution < -0.4 is 5.32 Å². The van der Waals surface area contributed by atoms with E-state index >= 15 is 0 Å². The number of aryl methyl sites for hydroxylation is 2. The predicted molar refractivity (Wildman–Crippen MR) is 80.5 cm³/mol. The Bertz CT molecular complexity index is 406. The molecule has 1 saturated carbocycles. The standard InChI is InChI=1S/C15H26ClN3/c1-4-13-15(16)14(19(5-2)18-13)10-17-12-8-6-11(3)7-9-12/h11-12,17H,4-10H2,1-3H3. The van der Waals surface area contributed by atoms with E-state index < -0.39 is 0 Å². The smallest absolute Gasteiger partial charge is 0.0863 e. The summed E-state index contributed by atoms with van der Waals surface area (Å²) in [5.41, 5.74) is 2.18. The van der Waals surface area contributed by atoms with Crippen LogP contribution in [0.4, 0.5) is 0 Å². The molecule has 1 N–H and O–H groups in total. The number of rotatable bonds is 5. The van der Waals surface area contributed by atoms with Crippen molar-refractivity contribution in [1.29, 1.82) is 0 Å². The first kappa shape index (κ1) is 14.9. The van der Waals surface area contributed by atoms with Gasteiger partial charge < -0.3 is 5.32 Å². The Labute approximate surface area is 121 Å². The molecule has 0 aromatic carbocycles. The highest BCUT2D eigenvalue weighted by Gasteiger charge is 2.19. The van der Waals surface area contributed by atoms with Gasteiger partial charge in [-0.1, -0.05) is 25.4 Å². The van der Waals surface area contributed by atoms with Crippen LogP contribution in [0.15, 0.2) is 0 Å². The lowest BCUT2D eigenvalue weighted by Crippen LogP contribution is -2.33. The maximum absolute atomic E-state index is 6.43. The number of aromatic nitrogens is 2. The highest BCUT2D eigenvalue weighted by molar-refractivity contribution is 6.31. The maximum atomic E-state index is 6.43. The Hall–Kier alpha value is -0.540. The lowest BCUT2D eigenvalue weighted by molar-refractivity contribution is 0.304. The number of hydrogen-bond acceptors (Lipinski definition) is 2. The van der Waals surface area contributed by atoms with Gasteiger partial charge in [0.15, 0.2) is 0 Å². The lowest BCUT2D eigenvalue weighted by Gasteiger charge is -2.27. The van der Waals surface area contributed by atoms with Crippen LogP contribution in [-0.4, -0.2) is 15.8 Å². The van der Waals surface area contributed by atoms with Crippen LogP contribution in [0.1, 0.15) is 57.8 Å². The maximum Gasteiger partial charge on any atom is 0.0863 e. The molecule has 2 rings (SSSR count). The third kappa shape index (κ3) is 3.51. The molecule has 0 unspecified atom stereocenters. The molecule has 0 aliphatic heterocycles. The minimum Gasteiger partial charge on any atom is -0.308 e. The number of halogens is 1. The second-order valence-corrected chi connectivity index (χ2v) is 6.09. The van der Waals surface area contributed by atoms with Crippen LogP contribution >= 0.6 is 11.6 Å². The van der Waals surface area contributed by atoms with Gasteiger partial charge in [-0.25, -0.2) is 0 Å². The summed E-state index contributed by atoms with van der Waals surface area (Å²) in [7, 11) is 0. The molecule has 0 atom stereocenters. The average molecular weight is 284 g/mol. The van der Waals surface area contributed by atoms with Crippen molar-refractivity contribution in [3.63, 3.8) is 0 Å². The van der Waals surface area contributed by atoms with Crippen molar-refractivity contribution in [2.45, 2.75) is 72.0 Å². The fourth-order valence-corrected chi connectivity index (χ4v) is 3.23. The van der Waals surface area contributed by atoms with Gasteiger partial charge in [0.25, 0.3) is 0 Å². The summed E-state index contributed by atoms with van der Waals surface area (Å²) < 4.78 is 2.04. The molecule has 1 aliphatic carbocycles. The van der Waals surface area contributed by atoms with E-state index in [1.807, 2.05) is 4.68 Å². The molecule has 1 aliphatic rings.